The number of rotatable bonds is 3. The van der Waals surface area contributed by atoms with E-state index in [0.717, 1.165) is 21.8 Å². The average Bonchev–Trinajstić information content (AvgIpc) is 2.78. The second-order valence-corrected chi connectivity index (χ2v) is 5.31. The van der Waals surface area contributed by atoms with Gasteiger partial charge < -0.3 is 10.1 Å². The van der Waals surface area contributed by atoms with Crippen LogP contribution in [-0.4, -0.2) is 10.1 Å². The van der Waals surface area contributed by atoms with Crippen molar-refractivity contribution in [3.63, 3.8) is 0 Å². The standard InChI is InChI=1S/C9H4ClFN4O2S2/c10-8-7(18-19-14-8)9(15(16)17)13-12-6-4-2-1-3-5(6)11/h1-4H/b9-7-,13-12?. The molecular weight excluding hydrogens is 315 g/mol. The van der Waals surface area contributed by atoms with Gasteiger partial charge in [-0.25, -0.2) is 4.39 Å². The molecule has 1 aromatic carbocycles. The fraction of sp³-hybridized carbons (Fsp3) is 0. The first-order valence-corrected chi connectivity index (χ1v) is 7.20. The van der Waals surface area contributed by atoms with Gasteiger partial charge in [-0.3, -0.25) is 0 Å². The van der Waals surface area contributed by atoms with Gasteiger partial charge >= 0.3 is 5.82 Å². The molecule has 19 heavy (non-hydrogen) atoms. The number of nitrogens with zero attached hydrogens (tertiary/aromatic N) is 4. The highest BCUT2D eigenvalue weighted by atomic mass is 35.5. The summed E-state index contributed by atoms with van der Waals surface area (Å²) in [5, 5.41) is 17.9. The van der Waals surface area contributed by atoms with Crippen LogP contribution in [0.2, 0.25) is 0 Å². The van der Waals surface area contributed by atoms with Crippen LogP contribution in [0.4, 0.5) is 10.1 Å². The molecule has 98 valence electrons. The Hall–Kier alpha value is -1.45. The summed E-state index contributed by atoms with van der Waals surface area (Å²) in [5.41, 5.74) is -0.0915. The molecule has 1 aromatic rings. The van der Waals surface area contributed by atoms with Crippen LogP contribution in [0.25, 0.3) is 0 Å². The van der Waals surface area contributed by atoms with Crippen molar-refractivity contribution in [2.75, 3.05) is 0 Å². The number of halogens is 2. The fourth-order valence-corrected chi connectivity index (χ4v) is 3.31. The largest absolute Gasteiger partial charge is 0.408 e. The van der Waals surface area contributed by atoms with Gasteiger partial charge in [-0.2, -0.15) is 4.40 Å². The van der Waals surface area contributed by atoms with Gasteiger partial charge in [0.2, 0.25) is 0 Å². The van der Waals surface area contributed by atoms with Crippen LogP contribution in [0.15, 0.2) is 49.6 Å². The molecule has 0 amide bonds. The van der Waals surface area contributed by atoms with Crippen LogP contribution in [0.3, 0.4) is 0 Å². The summed E-state index contributed by atoms with van der Waals surface area (Å²) in [6.45, 7) is 0. The second kappa shape index (κ2) is 6.13. The molecule has 0 saturated heterocycles. The zero-order valence-corrected chi connectivity index (χ0v) is 11.4. The van der Waals surface area contributed by atoms with Gasteiger partial charge in [0.1, 0.15) is 5.69 Å². The molecule has 6 nitrogen and oxygen atoms in total. The Labute approximate surface area is 119 Å². The third kappa shape index (κ3) is 3.31. The number of nitro groups is 1. The van der Waals surface area contributed by atoms with Gasteiger partial charge in [-0.05, 0) is 33.0 Å². The molecule has 0 N–H and O–H groups in total. The van der Waals surface area contributed by atoms with Gasteiger partial charge in [0.05, 0.1) is 16.1 Å². The average molecular weight is 319 g/mol. The minimum atomic E-state index is -0.740. The van der Waals surface area contributed by atoms with E-state index in [9.17, 15) is 14.5 Å². The van der Waals surface area contributed by atoms with Crippen LogP contribution in [0, 0.1) is 15.9 Å². The molecule has 0 aromatic heterocycles. The third-order valence-corrected chi connectivity index (χ3v) is 4.21. The minimum absolute atomic E-state index is 0.0193. The number of hydrogen-bond donors (Lipinski definition) is 0. The van der Waals surface area contributed by atoms with Crippen molar-refractivity contribution in [3.8, 4) is 0 Å². The lowest BCUT2D eigenvalue weighted by Gasteiger charge is -1.95. The first-order valence-electron chi connectivity index (χ1n) is 4.72. The Bertz CT molecular complexity index is 620. The van der Waals surface area contributed by atoms with Crippen molar-refractivity contribution in [2.45, 2.75) is 0 Å². The van der Waals surface area contributed by atoms with Crippen molar-refractivity contribution in [1.29, 1.82) is 0 Å². The molecule has 0 unspecified atom stereocenters. The summed E-state index contributed by atoms with van der Waals surface area (Å²) in [5.74, 6) is -1.18. The first-order chi connectivity index (χ1) is 9.09. The Morgan fingerprint density at radius 1 is 1.47 bits per heavy atom. The summed E-state index contributed by atoms with van der Waals surface area (Å²) in [4.78, 5) is 10.3. The van der Waals surface area contributed by atoms with E-state index >= 15 is 0 Å². The normalized spacial score (nSPS) is 17.7. The quantitative estimate of drug-likeness (QED) is 0.273. The van der Waals surface area contributed by atoms with Crippen molar-refractivity contribution in [1.82, 2.24) is 0 Å². The van der Waals surface area contributed by atoms with E-state index in [-0.39, 0.29) is 15.8 Å². The van der Waals surface area contributed by atoms with E-state index in [4.69, 9.17) is 11.6 Å². The van der Waals surface area contributed by atoms with Gasteiger partial charge in [-0.1, -0.05) is 23.7 Å². The zero-order chi connectivity index (χ0) is 13.8. The third-order valence-electron chi connectivity index (χ3n) is 1.91. The molecule has 1 heterocycles. The topological polar surface area (TPSA) is 80.2 Å². The molecule has 1 aliphatic rings. The van der Waals surface area contributed by atoms with Crippen LogP contribution in [0.5, 0.6) is 0 Å². The number of allylic oxidation sites excluding steroid dienone is 1. The Kier molecular flexibility index (Phi) is 4.51. The van der Waals surface area contributed by atoms with E-state index in [2.05, 4.69) is 14.6 Å². The monoisotopic (exact) mass is 318 g/mol. The van der Waals surface area contributed by atoms with Gasteiger partial charge in [0.25, 0.3) is 0 Å². The summed E-state index contributed by atoms with van der Waals surface area (Å²) >= 11 is 5.70. The number of azo groups is 1. The maximum absolute atomic E-state index is 13.3. The lowest BCUT2D eigenvalue weighted by atomic mass is 10.3. The second-order valence-electron chi connectivity index (χ2n) is 3.10. The first kappa shape index (κ1) is 14.0. The fourth-order valence-electron chi connectivity index (χ4n) is 1.09. The predicted octanol–water partition coefficient (Wildman–Crippen LogP) is 4.30. The Morgan fingerprint density at radius 3 is 2.79 bits per heavy atom. The highest BCUT2D eigenvalue weighted by molar-refractivity contribution is 8.78. The van der Waals surface area contributed by atoms with E-state index in [1.807, 2.05) is 0 Å². The smallest absolute Gasteiger partial charge is 0.358 e. The van der Waals surface area contributed by atoms with Crippen molar-refractivity contribution in [3.05, 3.63) is 50.9 Å². The lowest BCUT2D eigenvalue weighted by molar-refractivity contribution is -0.426. The van der Waals surface area contributed by atoms with Crippen molar-refractivity contribution >= 4 is 44.2 Å². The molecule has 1 aliphatic heterocycles. The zero-order valence-electron chi connectivity index (χ0n) is 8.99. The summed E-state index contributed by atoms with van der Waals surface area (Å²) in [6, 6.07) is 5.56. The van der Waals surface area contributed by atoms with E-state index < -0.39 is 16.6 Å². The Balaban J connectivity index is 2.36. The predicted molar refractivity (Wildman–Crippen MR) is 73.4 cm³/mol. The lowest BCUT2D eigenvalue weighted by Crippen LogP contribution is -2.01. The van der Waals surface area contributed by atoms with Crippen LogP contribution >= 0.6 is 33.4 Å². The minimum Gasteiger partial charge on any atom is -0.358 e. The molecule has 0 aliphatic carbocycles. The molecule has 0 fully saturated rings. The highest BCUT2D eigenvalue weighted by Gasteiger charge is 2.27. The molecular formula is C9H4ClFN4O2S2. The van der Waals surface area contributed by atoms with E-state index in [1.54, 1.807) is 6.07 Å². The molecule has 0 atom stereocenters. The molecule has 2 rings (SSSR count). The van der Waals surface area contributed by atoms with Crippen LogP contribution in [0.1, 0.15) is 0 Å². The highest BCUT2D eigenvalue weighted by Crippen LogP contribution is 2.42. The summed E-state index contributed by atoms with van der Waals surface area (Å²) in [7, 11) is 1.99. The number of hydrogen-bond acceptors (Lipinski definition) is 7. The Morgan fingerprint density at radius 2 is 2.21 bits per heavy atom. The molecule has 0 spiro atoms. The summed E-state index contributed by atoms with van der Waals surface area (Å²) in [6.07, 6.45) is 0. The summed E-state index contributed by atoms with van der Waals surface area (Å²) < 4.78 is 17.0. The molecule has 0 bridgehead atoms. The van der Waals surface area contributed by atoms with Crippen molar-refractivity contribution < 1.29 is 9.31 Å². The van der Waals surface area contributed by atoms with Crippen LogP contribution < -0.4 is 0 Å². The van der Waals surface area contributed by atoms with Gasteiger partial charge in [0, 0.05) is 0 Å². The maximum Gasteiger partial charge on any atom is 0.408 e. The van der Waals surface area contributed by atoms with E-state index in [0.29, 0.717) is 0 Å². The molecule has 0 radical (unpaired) electrons. The van der Waals surface area contributed by atoms with Crippen LogP contribution in [-0.2, 0) is 0 Å². The van der Waals surface area contributed by atoms with E-state index in [1.165, 1.54) is 18.2 Å². The SMILES string of the molecule is O=[N+]([O-])/C(N=Nc1ccccc1F)=C1\SSN=C1Cl. The number of benzene rings is 1. The maximum atomic E-state index is 13.3. The molecule has 10 heteroatoms. The van der Waals surface area contributed by atoms with Crippen molar-refractivity contribution in [2.24, 2.45) is 14.6 Å². The molecule has 0 saturated carbocycles. The van der Waals surface area contributed by atoms with Gasteiger partial charge in [0.15, 0.2) is 15.9 Å². The van der Waals surface area contributed by atoms with Gasteiger partial charge in [-0.15, -0.1) is 0 Å².